The standard InChI is InChI=1S/C16H32N2O2.ClH/c1-5-15(20-13-8-6-7-9-13)16(19)18(4)11-10-14(17)12(2)3;/h12-15H,5-11,17H2,1-4H3;1H. The first-order valence-electron chi connectivity index (χ1n) is 8.11. The monoisotopic (exact) mass is 320 g/mol. The molecular formula is C16H33ClN2O2. The number of amides is 1. The molecule has 0 spiro atoms. The molecule has 1 aliphatic carbocycles. The molecule has 0 bridgehead atoms. The molecule has 1 amide bonds. The van der Waals surface area contributed by atoms with Gasteiger partial charge in [0.15, 0.2) is 0 Å². The Morgan fingerprint density at radius 2 is 1.90 bits per heavy atom. The number of hydrogen-bond donors (Lipinski definition) is 1. The molecule has 0 saturated heterocycles. The zero-order valence-corrected chi connectivity index (χ0v) is 14.8. The third kappa shape index (κ3) is 6.98. The summed E-state index contributed by atoms with van der Waals surface area (Å²) in [4.78, 5) is 14.2. The Bertz CT molecular complexity index is 294. The summed E-state index contributed by atoms with van der Waals surface area (Å²) in [5.74, 6) is 0.561. The third-order valence-electron chi connectivity index (χ3n) is 4.34. The van der Waals surface area contributed by atoms with E-state index in [2.05, 4.69) is 13.8 Å². The molecule has 5 heteroatoms. The number of halogens is 1. The molecule has 2 unspecified atom stereocenters. The first-order chi connectivity index (χ1) is 9.45. The molecule has 1 rings (SSSR count). The average Bonchev–Trinajstić information content (AvgIpc) is 2.93. The van der Waals surface area contributed by atoms with Crippen molar-refractivity contribution in [3.05, 3.63) is 0 Å². The van der Waals surface area contributed by atoms with Gasteiger partial charge in [0.1, 0.15) is 6.10 Å². The summed E-state index contributed by atoms with van der Waals surface area (Å²) in [7, 11) is 1.86. The van der Waals surface area contributed by atoms with E-state index in [1.807, 2.05) is 14.0 Å². The number of carbonyl (C=O) groups excluding carboxylic acids is 1. The Morgan fingerprint density at radius 3 is 2.38 bits per heavy atom. The van der Waals surface area contributed by atoms with E-state index in [1.165, 1.54) is 12.8 Å². The molecule has 0 aromatic heterocycles. The van der Waals surface area contributed by atoms with Crippen LogP contribution in [-0.4, -0.2) is 42.6 Å². The molecule has 0 heterocycles. The van der Waals surface area contributed by atoms with E-state index in [9.17, 15) is 4.79 Å². The van der Waals surface area contributed by atoms with Crippen LogP contribution in [0.4, 0.5) is 0 Å². The highest BCUT2D eigenvalue weighted by Crippen LogP contribution is 2.23. The molecule has 126 valence electrons. The lowest BCUT2D eigenvalue weighted by Gasteiger charge is -2.27. The van der Waals surface area contributed by atoms with E-state index in [0.29, 0.717) is 12.5 Å². The normalized spacial score (nSPS) is 18.4. The number of carbonyl (C=O) groups is 1. The molecule has 1 aliphatic rings. The number of likely N-dealkylation sites (N-methyl/N-ethyl adjacent to an activating group) is 1. The minimum Gasteiger partial charge on any atom is -0.365 e. The number of hydrogen-bond acceptors (Lipinski definition) is 3. The second-order valence-corrected chi connectivity index (χ2v) is 6.40. The molecule has 2 atom stereocenters. The first kappa shape index (κ1) is 20.7. The Labute approximate surface area is 136 Å². The zero-order chi connectivity index (χ0) is 15.1. The highest BCUT2D eigenvalue weighted by molar-refractivity contribution is 5.85. The fourth-order valence-electron chi connectivity index (χ4n) is 2.62. The topological polar surface area (TPSA) is 55.6 Å². The van der Waals surface area contributed by atoms with Crippen molar-refractivity contribution in [3.8, 4) is 0 Å². The predicted octanol–water partition coefficient (Wildman–Crippen LogP) is 2.98. The highest BCUT2D eigenvalue weighted by atomic mass is 35.5. The summed E-state index contributed by atoms with van der Waals surface area (Å²) < 4.78 is 5.98. The van der Waals surface area contributed by atoms with Gasteiger partial charge in [-0.25, -0.2) is 0 Å². The summed E-state index contributed by atoms with van der Waals surface area (Å²) in [6.45, 7) is 6.96. The van der Waals surface area contributed by atoms with Crippen molar-refractivity contribution in [2.24, 2.45) is 11.7 Å². The number of nitrogens with zero attached hydrogens (tertiary/aromatic N) is 1. The van der Waals surface area contributed by atoms with Gasteiger partial charge in [0, 0.05) is 19.6 Å². The van der Waals surface area contributed by atoms with Crippen LogP contribution in [0.2, 0.25) is 0 Å². The van der Waals surface area contributed by atoms with Crippen LogP contribution in [0.15, 0.2) is 0 Å². The fraction of sp³-hybridized carbons (Fsp3) is 0.938. The molecule has 1 saturated carbocycles. The lowest BCUT2D eigenvalue weighted by molar-refractivity contribution is -0.146. The van der Waals surface area contributed by atoms with E-state index >= 15 is 0 Å². The van der Waals surface area contributed by atoms with E-state index in [-0.39, 0.29) is 36.6 Å². The van der Waals surface area contributed by atoms with Crippen LogP contribution in [0.5, 0.6) is 0 Å². The van der Waals surface area contributed by atoms with Crippen molar-refractivity contribution in [3.63, 3.8) is 0 Å². The molecule has 2 N–H and O–H groups in total. The maximum Gasteiger partial charge on any atom is 0.251 e. The lowest BCUT2D eigenvalue weighted by Crippen LogP contribution is -2.41. The quantitative estimate of drug-likeness (QED) is 0.748. The van der Waals surface area contributed by atoms with Gasteiger partial charge in [0.05, 0.1) is 6.10 Å². The summed E-state index contributed by atoms with van der Waals surface area (Å²) in [6.07, 6.45) is 6.27. The van der Waals surface area contributed by atoms with Gasteiger partial charge in [-0.15, -0.1) is 12.4 Å². The van der Waals surface area contributed by atoms with Gasteiger partial charge in [-0.3, -0.25) is 4.79 Å². The largest absolute Gasteiger partial charge is 0.365 e. The van der Waals surface area contributed by atoms with Crippen molar-refractivity contribution >= 4 is 18.3 Å². The molecule has 0 aromatic rings. The maximum absolute atomic E-state index is 12.4. The highest BCUT2D eigenvalue weighted by Gasteiger charge is 2.26. The van der Waals surface area contributed by atoms with Crippen LogP contribution < -0.4 is 5.73 Å². The molecule has 1 fully saturated rings. The van der Waals surface area contributed by atoms with Gasteiger partial charge < -0.3 is 15.4 Å². The van der Waals surface area contributed by atoms with Crippen LogP contribution in [0, 0.1) is 5.92 Å². The van der Waals surface area contributed by atoms with Gasteiger partial charge >= 0.3 is 0 Å². The molecule has 21 heavy (non-hydrogen) atoms. The van der Waals surface area contributed by atoms with E-state index in [4.69, 9.17) is 10.5 Å². The van der Waals surface area contributed by atoms with Crippen molar-refractivity contribution in [1.29, 1.82) is 0 Å². The van der Waals surface area contributed by atoms with E-state index in [0.717, 1.165) is 25.7 Å². The van der Waals surface area contributed by atoms with Gasteiger partial charge in [-0.1, -0.05) is 33.6 Å². The number of nitrogens with two attached hydrogens (primary N) is 1. The maximum atomic E-state index is 12.4. The summed E-state index contributed by atoms with van der Waals surface area (Å²) in [5.41, 5.74) is 6.04. The zero-order valence-electron chi connectivity index (χ0n) is 14.0. The van der Waals surface area contributed by atoms with Crippen LogP contribution in [0.1, 0.15) is 59.3 Å². The number of ether oxygens (including phenoxy) is 1. The van der Waals surface area contributed by atoms with Crippen LogP contribution in [0.25, 0.3) is 0 Å². The second kappa shape index (κ2) is 10.4. The van der Waals surface area contributed by atoms with Crippen molar-refractivity contribution in [1.82, 2.24) is 4.90 Å². The average molecular weight is 321 g/mol. The third-order valence-corrected chi connectivity index (χ3v) is 4.34. The molecule has 0 aliphatic heterocycles. The van der Waals surface area contributed by atoms with Gasteiger partial charge in [0.2, 0.25) is 0 Å². The van der Waals surface area contributed by atoms with Crippen LogP contribution >= 0.6 is 12.4 Å². The minimum absolute atomic E-state index is 0. The van der Waals surface area contributed by atoms with Crippen molar-refractivity contribution in [2.75, 3.05) is 13.6 Å². The molecular weight excluding hydrogens is 288 g/mol. The van der Waals surface area contributed by atoms with E-state index < -0.39 is 0 Å². The van der Waals surface area contributed by atoms with Gasteiger partial charge in [-0.05, 0) is 31.6 Å². The lowest BCUT2D eigenvalue weighted by atomic mass is 10.0. The molecule has 4 nitrogen and oxygen atoms in total. The Balaban J connectivity index is 0.00000400. The van der Waals surface area contributed by atoms with Crippen LogP contribution in [0.3, 0.4) is 0 Å². The summed E-state index contributed by atoms with van der Waals surface area (Å²) >= 11 is 0. The molecule has 0 radical (unpaired) electrons. The number of rotatable bonds is 8. The SMILES string of the molecule is CCC(OC1CCCC1)C(=O)N(C)CCC(N)C(C)C.Cl. The molecule has 0 aromatic carbocycles. The Kier molecular flexibility index (Phi) is 10.3. The first-order valence-corrected chi connectivity index (χ1v) is 8.11. The Morgan fingerprint density at radius 1 is 1.33 bits per heavy atom. The smallest absolute Gasteiger partial charge is 0.251 e. The minimum atomic E-state index is -0.279. The summed E-state index contributed by atoms with van der Waals surface area (Å²) in [6, 6.07) is 0.154. The van der Waals surface area contributed by atoms with Gasteiger partial charge in [-0.2, -0.15) is 0 Å². The summed E-state index contributed by atoms with van der Waals surface area (Å²) in [5, 5.41) is 0. The predicted molar refractivity (Wildman–Crippen MR) is 89.7 cm³/mol. The van der Waals surface area contributed by atoms with Gasteiger partial charge in [0.25, 0.3) is 5.91 Å². The second-order valence-electron chi connectivity index (χ2n) is 6.40. The Hall–Kier alpha value is -0.320. The fourth-order valence-corrected chi connectivity index (χ4v) is 2.62. The van der Waals surface area contributed by atoms with Crippen LogP contribution in [-0.2, 0) is 9.53 Å². The van der Waals surface area contributed by atoms with E-state index in [1.54, 1.807) is 4.90 Å². The van der Waals surface area contributed by atoms with Crippen molar-refractivity contribution < 1.29 is 9.53 Å². The van der Waals surface area contributed by atoms with Crippen molar-refractivity contribution in [2.45, 2.75) is 77.5 Å².